The Balaban J connectivity index is 3.27. The fraction of sp³-hybridized carbons (Fsp3) is 0.500. The molecule has 1 aromatic rings. The Bertz CT molecular complexity index is 300. The van der Waals surface area contributed by atoms with Crippen LogP contribution in [-0.2, 0) is 6.42 Å². The first kappa shape index (κ1) is 10.1. The molecule has 1 rings (SSSR count). The molecular formula is C12H19N. The maximum Gasteiger partial charge on any atom is 0.0381 e. The molecule has 0 saturated heterocycles. The number of rotatable bonds is 2. The number of hydrogen-bond acceptors (Lipinski definition) is 1. The third-order valence-corrected chi connectivity index (χ3v) is 2.44. The van der Waals surface area contributed by atoms with Gasteiger partial charge in [-0.25, -0.2) is 0 Å². The van der Waals surface area contributed by atoms with Crippen molar-refractivity contribution in [3.05, 3.63) is 28.8 Å². The van der Waals surface area contributed by atoms with Gasteiger partial charge in [0.05, 0.1) is 0 Å². The molecule has 0 radical (unpaired) electrons. The molecule has 1 heteroatoms. The highest BCUT2D eigenvalue weighted by Crippen LogP contribution is 2.26. The van der Waals surface area contributed by atoms with Crippen molar-refractivity contribution in [2.75, 3.05) is 5.73 Å². The van der Waals surface area contributed by atoms with E-state index in [1.54, 1.807) is 0 Å². The summed E-state index contributed by atoms with van der Waals surface area (Å²) >= 11 is 0. The van der Waals surface area contributed by atoms with Gasteiger partial charge in [0.1, 0.15) is 0 Å². The van der Waals surface area contributed by atoms with E-state index in [-0.39, 0.29) is 0 Å². The summed E-state index contributed by atoms with van der Waals surface area (Å²) in [7, 11) is 0. The second-order valence-electron chi connectivity index (χ2n) is 3.94. The summed E-state index contributed by atoms with van der Waals surface area (Å²) < 4.78 is 0. The molecule has 1 aromatic carbocycles. The molecule has 13 heavy (non-hydrogen) atoms. The minimum absolute atomic E-state index is 0.519. The fourth-order valence-electron chi connectivity index (χ4n) is 1.67. The van der Waals surface area contributed by atoms with E-state index < -0.39 is 0 Å². The van der Waals surface area contributed by atoms with Gasteiger partial charge in [0.25, 0.3) is 0 Å². The Hall–Kier alpha value is -0.980. The van der Waals surface area contributed by atoms with E-state index in [9.17, 15) is 0 Å². The van der Waals surface area contributed by atoms with Gasteiger partial charge in [0.15, 0.2) is 0 Å². The monoisotopic (exact) mass is 177 g/mol. The second-order valence-corrected chi connectivity index (χ2v) is 3.94. The first-order valence-electron chi connectivity index (χ1n) is 4.95. The van der Waals surface area contributed by atoms with Gasteiger partial charge in [-0.1, -0.05) is 38.5 Å². The predicted octanol–water partition coefficient (Wildman–Crippen LogP) is 3.26. The minimum Gasteiger partial charge on any atom is -0.398 e. The van der Waals surface area contributed by atoms with E-state index >= 15 is 0 Å². The van der Waals surface area contributed by atoms with Crippen LogP contribution in [0.4, 0.5) is 5.69 Å². The zero-order valence-electron chi connectivity index (χ0n) is 9.02. The standard InChI is InChI=1S/C12H19N/c1-5-10-6-9(4)7-11(8(2)3)12(10)13/h6-8H,5,13H2,1-4H3. The normalized spacial score (nSPS) is 10.8. The molecule has 72 valence electrons. The topological polar surface area (TPSA) is 26.0 Å². The van der Waals surface area contributed by atoms with E-state index in [1.165, 1.54) is 16.7 Å². The van der Waals surface area contributed by atoms with Crippen LogP contribution in [0.25, 0.3) is 0 Å². The van der Waals surface area contributed by atoms with Crippen LogP contribution in [0.2, 0.25) is 0 Å². The van der Waals surface area contributed by atoms with Crippen LogP contribution in [0.3, 0.4) is 0 Å². The first-order chi connectivity index (χ1) is 6.06. The van der Waals surface area contributed by atoms with Crippen LogP contribution < -0.4 is 5.73 Å². The van der Waals surface area contributed by atoms with Crippen LogP contribution in [0, 0.1) is 6.92 Å². The molecule has 0 heterocycles. The first-order valence-corrected chi connectivity index (χ1v) is 4.95. The minimum atomic E-state index is 0.519. The molecule has 0 atom stereocenters. The summed E-state index contributed by atoms with van der Waals surface area (Å²) in [6, 6.07) is 4.38. The van der Waals surface area contributed by atoms with E-state index in [2.05, 4.69) is 39.8 Å². The van der Waals surface area contributed by atoms with Crippen molar-refractivity contribution in [3.8, 4) is 0 Å². The zero-order valence-corrected chi connectivity index (χ0v) is 9.02. The molecule has 0 saturated carbocycles. The van der Waals surface area contributed by atoms with Gasteiger partial charge in [-0.15, -0.1) is 0 Å². The van der Waals surface area contributed by atoms with Crippen molar-refractivity contribution in [3.63, 3.8) is 0 Å². The van der Waals surface area contributed by atoms with Crippen molar-refractivity contribution in [2.45, 2.75) is 40.0 Å². The lowest BCUT2D eigenvalue weighted by Crippen LogP contribution is -2.01. The van der Waals surface area contributed by atoms with Crippen LogP contribution >= 0.6 is 0 Å². The Labute approximate surface area is 81.0 Å². The van der Waals surface area contributed by atoms with Gasteiger partial charge >= 0.3 is 0 Å². The third kappa shape index (κ3) is 2.03. The molecule has 0 aliphatic carbocycles. The van der Waals surface area contributed by atoms with Gasteiger partial charge in [-0.3, -0.25) is 0 Å². The molecule has 0 fully saturated rings. The number of aryl methyl sites for hydroxylation is 2. The van der Waals surface area contributed by atoms with E-state index in [1.807, 2.05) is 0 Å². The Morgan fingerprint density at radius 1 is 1.31 bits per heavy atom. The molecule has 0 bridgehead atoms. The zero-order chi connectivity index (χ0) is 10.0. The number of benzene rings is 1. The van der Waals surface area contributed by atoms with Gasteiger partial charge in [-0.05, 0) is 30.4 Å². The molecule has 0 aliphatic heterocycles. The van der Waals surface area contributed by atoms with Crippen molar-refractivity contribution in [1.29, 1.82) is 0 Å². The Morgan fingerprint density at radius 3 is 2.38 bits per heavy atom. The molecule has 0 aliphatic rings. The highest BCUT2D eigenvalue weighted by atomic mass is 14.6. The van der Waals surface area contributed by atoms with Gasteiger partial charge in [0.2, 0.25) is 0 Å². The summed E-state index contributed by atoms with van der Waals surface area (Å²) in [5.41, 5.74) is 10.9. The quantitative estimate of drug-likeness (QED) is 0.689. The van der Waals surface area contributed by atoms with Crippen LogP contribution in [0.1, 0.15) is 43.4 Å². The van der Waals surface area contributed by atoms with Crippen molar-refractivity contribution in [1.82, 2.24) is 0 Å². The Kier molecular flexibility index (Phi) is 2.97. The van der Waals surface area contributed by atoms with E-state index in [0.717, 1.165) is 12.1 Å². The van der Waals surface area contributed by atoms with Crippen LogP contribution in [0.5, 0.6) is 0 Å². The summed E-state index contributed by atoms with van der Waals surface area (Å²) in [4.78, 5) is 0. The Morgan fingerprint density at radius 2 is 1.92 bits per heavy atom. The molecule has 2 N–H and O–H groups in total. The largest absolute Gasteiger partial charge is 0.398 e. The number of nitrogen functional groups attached to an aromatic ring is 1. The maximum absolute atomic E-state index is 6.06. The molecule has 0 aromatic heterocycles. The lowest BCUT2D eigenvalue weighted by molar-refractivity contribution is 0.864. The fourth-order valence-corrected chi connectivity index (χ4v) is 1.67. The van der Waals surface area contributed by atoms with Gasteiger partial charge in [0, 0.05) is 5.69 Å². The van der Waals surface area contributed by atoms with Crippen molar-refractivity contribution in [2.24, 2.45) is 0 Å². The summed E-state index contributed by atoms with van der Waals surface area (Å²) in [6.07, 6.45) is 1.02. The van der Waals surface area contributed by atoms with Crippen molar-refractivity contribution < 1.29 is 0 Å². The molecule has 1 nitrogen and oxygen atoms in total. The summed E-state index contributed by atoms with van der Waals surface area (Å²) in [5.74, 6) is 0.519. The highest BCUT2D eigenvalue weighted by molar-refractivity contribution is 5.56. The van der Waals surface area contributed by atoms with E-state index in [0.29, 0.717) is 5.92 Å². The third-order valence-electron chi connectivity index (χ3n) is 2.44. The number of hydrogen-bond donors (Lipinski definition) is 1. The summed E-state index contributed by atoms with van der Waals surface area (Å²) in [5, 5.41) is 0. The molecular weight excluding hydrogens is 158 g/mol. The lowest BCUT2D eigenvalue weighted by Gasteiger charge is -2.14. The van der Waals surface area contributed by atoms with Gasteiger partial charge < -0.3 is 5.73 Å². The number of anilines is 1. The van der Waals surface area contributed by atoms with Crippen molar-refractivity contribution >= 4 is 5.69 Å². The summed E-state index contributed by atoms with van der Waals surface area (Å²) in [6.45, 7) is 8.65. The molecule has 0 unspecified atom stereocenters. The highest BCUT2D eigenvalue weighted by Gasteiger charge is 2.07. The predicted molar refractivity (Wildman–Crippen MR) is 59.1 cm³/mol. The average Bonchev–Trinajstić information content (AvgIpc) is 2.08. The van der Waals surface area contributed by atoms with Gasteiger partial charge in [-0.2, -0.15) is 0 Å². The second kappa shape index (κ2) is 3.82. The average molecular weight is 177 g/mol. The maximum atomic E-state index is 6.06. The van der Waals surface area contributed by atoms with Crippen LogP contribution in [0.15, 0.2) is 12.1 Å². The smallest absolute Gasteiger partial charge is 0.0381 e. The lowest BCUT2D eigenvalue weighted by atomic mass is 9.95. The molecule has 0 amide bonds. The van der Waals surface area contributed by atoms with Crippen LogP contribution in [-0.4, -0.2) is 0 Å². The SMILES string of the molecule is CCc1cc(C)cc(C(C)C)c1N. The van der Waals surface area contributed by atoms with E-state index in [4.69, 9.17) is 5.73 Å². The molecule has 0 spiro atoms. The number of nitrogens with two attached hydrogens (primary N) is 1.